The van der Waals surface area contributed by atoms with Crippen molar-refractivity contribution in [1.29, 1.82) is 0 Å². The molecule has 5 nitrogen and oxygen atoms in total. The van der Waals surface area contributed by atoms with Crippen molar-refractivity contribution in [3.8, 4) is 0 Å². The van der Waals surface area contributed by atoms with Crippen molar-refractivity contribution in [2.45, 2.75) is 12.1 Å². The first kappa shape index (κ1) is 8.15. The normalized spacial score (nSPS) is 32.2. The number of cyclic esters (lactones) is 2. The Morgan fingerprint density at radius 3 is 2.85 bits per heavy atom. The second kappa shape index (κ2) is 2.27. The molecule has 1 heterocycles. The fraction of sp³-hybridized carbons (Fsp3) is 0.250. The first-order chi connectivity index (χ1) is 5.99. The minimum atomic E-state index is -1.55. The van der Waals surface area contributed by atoms with Crippen LogP contribution in [0.2, 0.25) is 0 Å². The zero-order chi connectivity index (χ0) is 9.64. The van der Waals surface area contributed by atoms with E-state index in [2.05, 4.69) is 4.74 Å². The van der Waals surface area contributed by atoms with Gasteiger partial charge in [-0.1, -0.05) is 0 Å². The lowest BCUT2D eigenvalue weighted by molar-refractivity contribution is -0.151. The highest BCUT2D eigenvalue weighted by molar-refractivity contribution is 6.14. The average Bonchev–Trinajstić information content (AvgIpc) is 2.26. The molecule has 0 fully saturated rings. The number of aliphatic hydroxyl groups is 1. The minimum absolute atomic E-state index is 0.0800. The van der Waals surface area contributed by atoms with Crippen molar-refractivity contribution in [2.24, 2.45) is 5.73 Å². The highest BCUT2D eigenvalue weighted by atomic mass is 16.6. The van der Waals surface area contributed by atoms with Crippen LogP contribution < -0.4 is 5.73 Å². The highest BCUT2D eigenvalue weighted by Crippen LogP contribution is 2.29. The molecule has 0 amide bonds. The fourth-order valence-electron chi connectivity index (χ4n) is 1.34. The third kappa shape index (κ3) is 1.18. The molecule has 1 aliphatic heterocycles. The van der Waals surface area contributed by atoms with Crippen LogP contribution in [0.3, 0.4) is 0 Å². The standard InChI is InChI=1S/C8H7NO4/c9-8(12)2-1-4-5(3-8)7(11)13-6(4)10/h1-2,12H,3,9H2. The summed E-state index contributed by atoms with van der Waals surface area (Å²) in [6.45, 7) is 0. The van der Waals surface area contributed by atoms with E-state index in [-0.39, 0.29) is 17.6 Å². The van der Waals surface area contributed by atoms with Gasteiger partial charge in [-0.15, -0.1) is 0 Å². The smallest absolute Gasteiger partial charge is 0.346 e. The number of carbonyl (C=O) groups is 2. The Labute approximate surface area is 73.5 Å². The van der Waals surface area contributed by atoms with Crippen molar-refractivity contribution < 1.29 is 19.4 Å². The number of esters is 2. The predicted octanol–water partition coefficient (Wildman–Crippen LogP) is -1.03. The maximum atomic E-state index is 11.0. The monoisotopic (exact) mass is 181 g/mol. The van der Waals surface area contributed by atoms with Crippen molar-refractivity contribution >= 4 is 11.9 Å². The summed E-state index contributed by atoms with van der Waals surface area (Å²) >= 11 is 0. The molecule has 0 aromatic carbocycles. The maximum Gasteiger partial charge on any atom is 0.346 e. The van der Waals surface area contributed by atoms with Crippen LogP contribution in [-0.2, 0) is 14.3 Å². The molecule has 0 radical (unpaired) electrons. The summed E-state index contributed by atoms with van der Waals surface area (Å²) in [4.78, 5) is 22.0. The molecule has 3 N–H and O–H groups in total. The van der Waals surface area contributed by atoms with E-state index in [0.29, 0.717) is 0 Å². The van der Waals surface area contributed by atoms with E-state index in [9.17, 15) is 14.7 Å². The van der Waals surface area contributed by atoms with Crippen LogP contribution in [0.15, 0.2) is 23.3 Å². The number of nitrogens with two attached hydrogens (primary N) is 1. The third-order valence-electron chi connectivity index (χ3n) is 1.98. The highest BCUT2D eigenvalue weighted by Gasteiger charge is 2.38. The summed E-state index contributed by atoms with van der Waals surface area (Å²) in [7, 11) is 0. The van der Waals surface area contributed by atoms with Gasteiger partial charge in [-0.25, -0.2) is 9.59 Å². The number of rotatable bonds is 0. The summed E-state index contributed by atoms with van der Waals surface area (Å²) in [5, 5.41) is 9.36. The molecule has 13 heavy (non-hydrogen) atoms. The summed E-state index contributed by atoms with van der Waals surface area (Å²) < 4.78 is 4.33. The molecule has 0 saturated heterocycles. The van der Waals surface area contributed by atoms with Gasteiger partial charge in [0.05, 0.1) is 11.1 Å². The van der Waals surface area contributed by atoms with Gasteiger partial charge in [0.2, 0.25) is 0 Å². The van der Waals surface area contributed by atoms with E-state index in [0.717, 1.165) is 0 Å². The van der Waals surface area contributed by atoms with Crippen molar-refractivity contribution in [3.63, 3.8) is 0 Å². The number of hydrogen-bond donors (Lipinski definition) is 2. The maximum absolute atomic E-state index is 11.0. The van der Waals surface area contributed by atoms with Crippen LogP contribution in [0, 0.1) is 0 Å². The topological polar surface area (TPSA) is 89.6 Å². The van der Waals surface area contributed by atoms with Gasteiger partial charge in [0, 0.05) is 6.42 Å². The van der Waals surface area contributed by atoms with Crippen LogP contribution in [0.1, 0.15) is 6.42 Å². The van der Waals surface area contributed by atoms with E-state index in [1.807, 2.05) is 0 Å². The van der Waals surface area contributed by atoms with Gasteiger partial charge in [-0.2, -0.15) is 0 Å². The Kier molecular flexibility index (Phi) is 1.43. The first-order valence-electron chi connectivity index (χ1n) is 3.70. The average molecular weight is 181 g/mol. The van der Waals surface area contributed by atoms with Gasteiger partial charge in [0.1, 0.15) is 5.72 Å². The number of carbonyl (C=O) groups excluding carboxylic acids is 2. The molecule has 0 aromatic rings. The molecule has 2 rings (SSSR count). The molecular weight excluding hydrogens is 174 g/mol. The van der Waals surface area contributed by atoms with E-state index in [1.54, 1.807) is 0 Å². The van der Waals surface area contributed by atoms with Gasteiger partial charge < -0.3 is 15.6 Å². The molecule has 5 heteroatoms. The summed E-state index contributed by atoms with van der Waals surface area (Å²) in [5.41, 5.74) is 4.15. The van der Waals surface area contributed by atoms with Crippen molar-refractivity contribution in [1.82, 2.24) is 0 Å². The van der Waals surface area contributed by atoms with Gasteiger partial charge in [-0.3, -0.25) is 0 Å². The zero-order valence-electron chi connectivity index (χ0n) is 6.61. The van der Waals surface area contributed by atoms with Crippen molar-refractivity contribution in [3.05, 3.63) is 23.3 Å². The first-order valence-corrected chi connectivity index (χ1v) is 3.70. The zero-order valence-corrected chi connectivity index (χ0v) is 6.61. The summed E-state index contributed by atoms with van der Waals surface area (Å²) in [6, 6.07) is 0. The summed E-state index contributed by atoms with van der Waals surface area (Å²) in [6.07, 6.45) is 2.50. The molecule has 68 valence electrons. The Hall–Kier alpha value is -1.46. The SMILES string of the molecule is NC1(O)C=CC2=C(C1)C(=O)OC2=O. The Bertz CT molecular complexity index is 364. The molecule has 0 spiro atoms. The Morgan fingerprint density at radius 1 is 1.46 bits per heavy atom. The lowest BCUT2D eigenvalue weighted by Gasteiger charge is -2.21. The van der Waals surface area contributed by atoms with Gasteiger partial charge in [0.15, 0.2) is 0 Å². The predicted molar refractivity (Wildman–Crippen MR) is 41.0 cm³/mol. The van der Waals surface area contributed by atoms with Gasteiger partial charge >= 0.3 is 11.9 Å². The van der Waals surface area contributed by atoms with Crippen LogP contribution >= 0.6 is 0 Å². The Morgan fingerprint density at radius 2 is 2.15 bits per heavy atom. The van der Waals surface area contributed by atoms with Crippen LogP contribution in [0.4, 0.5) is 0 Å². The van der Waals surface area contributed by atoms with E-state index < -0.39 is 17.7 Å². The van der Waals surface area contributed by atoms with Crippen LogP contribution in [-0.4, -0.2) is 22.8 Å². The molecular formula is C8H7NO4. The Balaban J connectivity index is 2.44. The van der Waals surface area contributed by atoms with Gasteiger partial charge in [0.25, 0.3) is 0 Å². The molecule has 0 saturated carbocycles. The fourth-order valence-corrected chi connectivity index (χ4v) is 1.34. The lowest BCUT2D eigenvalue weighted by atomic mass is 9.93. The van der Waals surface area contributed by atoms with E-state index in [1.165, 1.54) is 12.2 Å². The second-order valence-electron chi connectivity index (χ2n) is 3.07. The molecule has 1 unspecified atom stereocenters. The summed E-state index contributed by atoms with van der Waals surface area (Å²) in [5.74, 6) is -1.39. The lowest BCUT2D eigenvalue weighted by Crippen LogP contribution is -2.39. The second-order valence-corrected chi connectivity index (χ2v) is 3.07. The molecule has 0 aromatic heterocycles. The van der Waals surface area contributed by atoms with E-state index >= 15 is 0 Å². The quantitative estimate of drug-likeness (QED) is 0.283. The number of ether oxygens (including phenoxy) is 1. The molecule has 1 atom stereocenters. The number of hydrogen-bond acceptors (Lipinski definition) is 5. The largest absolute Gasteiger partial charge is 0.386 e. The third-order valence-corrected chi connectivity index (χ3v) is 1.98. The van der Waals surface area contributed by atoms with Crippen molar-refractivity contribution in [2.75, 3.05) is 0 Å². The molecule has 2 aliphatic rings. The molecule has 1 aliphatic carbocycles. The molecule has 0 bridgehead atoms. The minimum Gasteiger partial charge on any atom is -0.386 e. The van der Waals surface area contributed by atoms with Gasteiger partial charge in [-0.05, 0) is 12.2 Å². The van der Waals surface area contributed by atoms with Crippen LogP contribution in [0.25, 0.3) is 0 Å². The van der Waals surface area contributed by atoms with Crippen LogP contribution in [0.5, 0.6) is 0 Å². The van der Waals surface area contributed by atoms with E-state index in [4.69, 9.17) is 5.73 Å².